The van der Waals surface area contributed by atoms with Gasteiger partial charge in [0.25, 0.3) is 11.4 Å². The Hall–Kier alpha value is -3.59. The van der Waals surface area contributed by atoms with Crippen molar-refractivity contribution in [3.8, 4) is 23.0 Å². The molecular formula is C21H14ClF2N5O2. The third-order valence-electron chi connectivity index (χ3n) is 4.96. The van der Waals surface area contributed by atoms with E-state index in [1.54, 1.807) is 27.2 Å². The summed E-state index contributed by atoms with van der Waals surface area (Å²) in [7, 11) is 0. The van der Waals surface area contributed by atoms with Gasteiger partial charge in [-0.3, -0.25) is 9.20 Å². The van der Waals surface area contributed by atoms with E-state index in [1.165, 1.54) is 12.4 Å². The fraction of sp³-hybridized carbons (Fsp3) is 0.143. The third-order valence-corrected chi connectivity index (χ3v) is 5.20. The molecule has 0 N–H and O–H groups in total. The van der Waals surface area contributed by atoms with Crippen molar-refractivity contribution in [2.45, 2.75) is 19.9 Å². The van der Waals surface area contributed by atoms with Crippen LogP contribution >= 0.6 is 11.6 Å². The molecule has 31 heavy (non-hydrogen) atoms. The van der Waals surface area contributed by atoms with Crippen LogP contribution in [-0.4, -0.2) is 24.1 Å². The second kappa shape index (κ2) is 6.98. The summed E-state index contributed by atoms with van der Waals surface area (Å²) in [5, 5.41) is 4.28. The second-order valence-electron chi connectivity index (χ2n) is 7.26. The Kier molecular flexibility index (Phi) is 4.37. The Morgan fingerprint density at radius 2 is 1.90 bits per heavy atom. The normalized spacial score (nSPS) is 11.8. The van der Waals surface area contributed by atoms with Gasteiger partial charge >= 0.3 is 0 Å². The van der Waals surface area contributed by atoms with Gasteiger partial charge in [-0.25, -0.2) is 13.8 Å². The number of rotatable bonds is 3. The summed E-state index contributed by atoms with van der Waals surface area (Å²) in [6.07, 6.45) is 1.48. The monoisotopic (exact) mass is 441 g/mol. The van der Waals surface area contributed by atoms with Crippen LogP contribution in [0.1, 0.15) is 19.9 Å². The van der Waals surface area contributed by atoms with Crippen molar-refractivity contribution in [1.29, 1.82) is 0 Å². The van der Waals surface area contributed by atoms with Gasteiger partial charge in [-0.15, -0.1) is 0 Å². The number of benzene rings is 2. The van der Waals surface area contributed by atoms with E-state index in [1.807, 2.05) is 13.8 Å². The quantitative estimate of drug-likeness (QED) is 0.399. The van der Waals surface area contributed by atoms with Gasteiger partial charge in [0.1, 0.15) is 23.5 Å². The molecule has 0 radical (unpaired) electrons. The van der Waals surface area contributed by atoms with Crippen molar-refractivity contribution in [1.82, 2.24) is 24.1 Å². The van der Waals surface area contributed by atoms with E-state index in [-0.39, 0.29) is 40.1 Å². The maximum absolute atomic E-state index is 14.1. The molecule has 5 rings (SSSR count). The van der Waals surface area contributed by atoms with Gasteiger partial charge in [-0.1, -0.05) is 16.8 Å². The molecule has 0 atom stereocenters. The maximum atomic E-state index is 14.1. The van der Waals surface area contributed by atoms with Crippen LogP contribution < -0.4 is 5.56 Å². The molecule has 0 aliphatic carbocycles. The molecule has 10 heteroatoms. The molecule has 0 unspecified atom stereocenters. The van der Waals surface area contributed by atoms with E-state index in [0.29, 0.717) is 10.5 Å². The third kappa shape index (κ3) is 3.00. The molecule has 0 bridgehead atoms. The van der Waals surface area contributed by atoms with E-state index in [0.717, 1.165) is 17.6 Å². The van der Waals surface area contributed by atoms with Crippen LogP contribution in [-0.2, 0) is 0 Å². The van der Waals surface area contributed by atoms with Gasteiger partial charge < -0.3 is 9.09 Å². The standard InChI is InChI=1S/C21H14ClF2N5O2/c1-10(2)29-16-7-11(22)3-6-15(16)28-9-25-17(18(28)21(29)30)20-26-19(27-31-20)13-5-4-12(23)8-14(13)24/h3-10H,1-2H3. The molecule has 0 saturated heterocycles. The fourth-order valence-electron chi connectivity index (χ4n) is 3.62. The van der Waals surface area contributed by atoms with Crippen LogP contribution in [0.4, 0.5) is 8.78 Å². The summed E-state index contributed by atoms with van der Waals surface area (Å²) in [6, 6.07) is 8.12. The highest BCUT2D eigenvalue weighted by molar-refractivity contribution is 6.31. The van der Waals surface area contributed by atoms with E-state index < -0.39 is 11.6 Å². The lowest BCUT2D eigenvalue weighted by molar-refractivity contribution is 0.431. The lowest BCUT2D eigenvalue weighted by atomic mass is 10.2. The highest BCUT2D eigenvalue weighted by Crippen LogP contribution is 2.28. The first kappa shape index (κ1) is 19.4. The molecule has 0 fully saturated rings. The molecular weight excluding hydrogens is 428 g/mol. The number of hydrogen-bond acceptors (Lipinski definition) is 5. The van der Waals surface area contributed by atoms with Crippen molar-refractivity contribution in [2.75, 3.05) is 0 Å². The van der Waals surface area contributed by atoms with Crippen LogP contribution in [0, 0.1) is 11.6 Å². The smallest absolute Gasteiger partial charge is 0.279 e. The van der Waals surface area contributed by atoms with Crippen molar-refractivity contribution >= 4 is 28.2 Å². The topological polar surface area (TPSA) is 78.2 Å². The van der Waals surface area contributed by atoms with Crippen LogP contribution in [0.2, 0.25) is 5.02 Å². The zero-order valence-electron chi connectivity index (χ0n) is 16.3. The van der Waals surface area contributed by atoms with Crippen molar-refractivity contribution in [3.05, 3.63) is 69.7 Å². The molecule has 7 nitrogen and oxygen atoms in total. The van der Waals surface area contributed by atoms with Gasteiger partial charge in [-0.05, 0) is 44.2 Å². The Labute approximate surface area is 178 Å². The minimum atomic E-state index is -0.827. The second-order valence-corrected chi connectivity index (χ2v) is 7.70. The van der Waals surface area contributed by atoms with Gasteiger partial charge in [0.15, 0.2) is 5.69 Å². The predicted octanol–water partition coefficient (Wildman–Crippen LogP) is 4.88. The number of imidazole rings is 1. The molecule has 0 spiro atoms. The average molecular weight is 442 g/mol. The first-order chi connectivity index (χ1) is 14.8. The van der Waals surface area contributed by atoms with Crippen molar-refractivity contribution in [3.63, 3.8) is 0 Å². The van der Waals surface area contributed by atoms with Gasteiger partial charge in [0.05, 0.1) is 16.6 Å². The van der Waals surface area contributed by atoms with Crippen molar-refractivity contribution < 1.29 is 13.3 Å². The average Bonchev–Trinajstić information content (AvgIpc) is 3.35. The summed E-state index contributed by atoms with van der Waals surface area (Å²) in [5.74, 6) is -1.68. The first-order valence-corrected chi connectivity index (χ1v) is 9.73. The molecule has 156 valence electrons. The number of aromatic nitrogens is 5. The zero-order chi connectivity index (χ0) is 21.9. The SMILES string of the molecule is CC(C)n1c(=O)c2c(-c3nc(-c4ccc(F)cc4F)no3)ncn2c2ccc(Cl)cc21. The Morgan fingerprint density at radius 3 is 2.65 bits per heavy atom. The fourth-order valence-corrected chi connectivity index (χ4v) is 3.79. The molecule has 0 aliphatic rings. The molecule has 0 amide bonds. The van der Waals surface area contributed by atoms with E-state index in [9.17, 15) is 13.6 Å². The molecule has 3 heterocycles. The highest BCUT2D eigenvalue weighted by atomic mass is 35.5. The largest absolute Gasteiger partial charge is 0.332 e. The Balaban J connectivity index is 1.76. The highest BCUT2D eigenvalue weighted by Gasteiger charge is 2.23. The van der Waals surface area contributed by atoms with Crippen LogP contribution in [0.3, 0.4) is 0 Å². The Bertz CT molecular complexity index is 1540. The number of halogens is 3. The molecule has 5 aromatic rings. The molecule has 0 aliphatic heterocycles. The number of fused-ring (bicyclic) bond motifs is 3. The zero-order valence-corrected chi connectivity index (χ0v) is 17.1. The van der Waals surface area contributed by atoms with Crippen LogP contribution in [0.25, 0.3) is 39.5 Å². The summed E-state index contributed by atoms with van der Waals surface area (Å²) in [4.78, 5) is 21.9. The van der Waals surface area contributed by atoms with E-state index in [4.69, 9.17) is 16.1 Å². The van der Waals surface area contributed by atoms with Crippen molar-refractivity contribution in [2.24, 2.45) is 0 Å². The first-order valence-electron chi connectivity index (χ1n) is 9.35. The van der Waals surface area contributed by atoms with Crippen LogP contribution in [0.15, 0.2) is 52.0 Å². The Morgan fingerprint density at radius 1 is 1.10 bits per heavy atom. The lowest BCUT2D eigenvalue weighted by Crippen LogP contribution is -2.24. The molecule has 0 saturated carbocycles. The van der Waals surface area contributed by atoms with Gasteiger partial charge in [-0.2, -0.15) is 4.98 Å². The van der Waals surface area contributed by atoms with E-state index in [2.05, 4.69) is 15.1 Å². The summed E-state index contributed by atoms with van der Waals surface area (Å²) in [6.45, 7) is 3.77. The number of nitrogens with zero attached hydrogens (tertiary/aromatic N) is 5. The summed E-state index contributed by atoms with van der Waals surface area (Å²) < 4.78 is 35.8. The lowest BCUT2D eigenvalue weighted by Gasteiger charge is -2.15. The molecule has 3 aromatic heterocycles. The maximum Gasteiger partial charge on any atom is 0.279 e. The minimum Gasteiger partial charge on any atom is -0.332 e. The number of hydrogen-bond donors (Lipinski definition) is 0. The summed E-state index contributed by atoms with van der Waals surface area (Å²) in [5.41, 5.74) is 1.43. The van der Waals surface area contributed by atoms with Crippen LogP contribution in [0.5, 0.6) is 0 Å². The van der Waals surface area contributed by atoms with Gasteiger partial charge in [0, 0.05) is 17.1 Å². The van der Waals surface area contributed by atoms with Gasteiger partial charge in [0.2, 0.25) is 5.82 Å². The minimum absolute atomic E-state index is 0.0282. The predicted molar refractivity (Wildman–Crippen MR) is 111 cm³/mol. The summed E-state index contributed by atoms with van der Waals surface area (Å²) >= 11 is 6.16. The van der Waals surface area contributed by atoms with E-state index >= 15 is 0 Å². The molecule has 2 aromatic carbocycles.